The fraction of sp³-hybridized carbons (Fsp3) is 0.375. The Labute approximate surface area is 129 Å². The molecule has 5 heteroatoms. The molecular formula is C16H20N2O2S. The minimum atomic E-state index is -0.336. The summed E-state index contributed by atoms with van der Waals surface area (Å²) in [7, 11) is 1.39. The van der Waals surface area contributed by atoms with E-state index in [2.05, 4.69) is 42.3 Å². The van der Waals surface area contributed by atoms with E-state index in [0.29, 0.717) is 10.6 Å². The molecule has 2 rings (SSSR count). The van der Waals surface area contributed by atoms with Crippen molar-refractivity contribution in [2.75, 3.05) is 12.4 Å². The van der Waals surface area contributed by atoms with Crippen LogP contribution in [-0.2, 0) is 17.6 Å². The van der Waals surface area contributed by atoms with Crippen LogP contribution in [0.5, 0.6) is 0 Å². The zero-order chi connectivity index (χ0) is 15.4. The number of aryl methyl sites for hydroxylation is 3. The van der Waals surface area contributed by atoms with Gasteiger partial charge in [-0.15, -0.1) is 0 Å². The van der Waals surface area contributed by atoms with Gasteiger partial charge in [-0.25, -0.2) is 9.78 Å². The number of esters is 1. The molecule has 0 atom stereocenters. The summed E-state index contributed by atoms with van der Waals surface area (Å²) in [5.41, 5.74) is 4.30. The number of thiazole rings is 1. The number of ether oxygens (including phenoxy) is 1. The largest absolute Gasteiger partial charge is 0.465 e. The molecule has 0 saturated carbocycles. The Morgan fingerprint density at radius 2 is 1.90 bits per heavy atom. The molecule has 0 aliphatic rings. The van der Waals surface area contributed by atoms with E-state index < -0.39 is 0 Å². The predicted octanol–water partition coefficient (Wildman–Crippen LogP) is 4.11. The number of hydrogen-bond acceptors (Lipinski definition) is 5. The number of anilines is 2. The first-order valence-corrected chi connectivity index (χ1v) is 7.85. The van der Waals surface area contributed by atoms with Crippen molar-refractivity contribution in [3.63, 3.8) is 0 Å². The van der Waals surface area contributed by atoms with Crippen LogP contribution in [-0.4, -0.2) is 18.1 Å². The maximum absolute atomic E-state index is 11.7. The molecule has 1 aromatic carbocycles. The molecule has 0 bridgehead atoms. The molecule has 1 aromatic heterocycles. The summed E-state index contributed by atoms with van der Waals surface area (Å²) in [6.07, 6.45) is 1.90. The third-order valence-corrected chi connectivity index (χ3v) is 4.45. The van der Waals surface area contributed by atoms with E-state index in [9.17, 15) is 4.79 Å². The highest BCUT2D eigenvalue weighted by atomic mass is 32.1. The first-order chi connectivity index (χ1) is 10.1. The SMILES string of the molecule is CCc1cccc(CC)c1Nc1nc(C)c(C(=O)OC)s1. The monoisotopic (exact) mass is 304 g/mol. The quantitative estimate of drug-likeness (QED) is 0.845. The van der Waals surface area contributed by atoms with Crippen LogP contribution >= 0.6 is 11.3 Å². The number of carbonyl (C=O) groups excluding carboxylic acids is 1. The lowest BCUT2D eigenvalue weighted by atomic mass is 10.0. The number of hydrogen-bond donors (Lipinski definition) is 1. The molecule has 0 radical (unpaired) electrons. The Hall–Kier alpha value is -1.88. The summed E-state index contributed by atoms with van der Waals surface area (Å²) in [4.78, 5) is 16.6. The third kappa shape index (κ3) is 3.24. The third-order valence-electron chi connectivity index (χ3n) is 3.40. The lowest BCUT2D eigenvalue weighted by Crippen LogP contribution is -1.99. The van der Waals surface area contributed by atoms with Crippen LogP contribution in [0.4, 0.5) is 10.8 Å². The molecule has 0 aliphatic carbocycles. The van der Waals surface area contributed by atoms with Crippen molar-refractivity contribution < 1.29 is 9.53 Å². The summed E-state index contributed by atoms with van der Waals surface area (Å²) in [6, 6.07) is 6.31. The smallest absolute Gasteiger partial charge is 0.350 e. The van der Waals surface area contributed by atoms with E-state index in [1.54, 1.807) is 0 Å². The molecule has 112 valence electrons. The van der Waals surface area contributed by atoms with Crippen molar-refractivity contribution in [3.05, 3.63) is 39.9 Å². The van der Waals surface area contributed by atoms with Crippen LogP contribution < -0.4 is 5.32 Å². The molecule has 0 spiro atoms. The first kappa shape index (κ1) is 15.5. The average molecular weight is 304 g/mol. The number of nitrogens with one attached hydrogen (secondary N) is 1. The summed E-state index contributed by atoms with van der Waals surface area (Å²) >= 11 is 1.33. The molecule has 0 amide bonds. The van der Waals surface area contributed by atoms with E-state index in [1.807, 2.05) is 6.92 Å². The molecular weight excluding hydrogens is 284 g/mol. The molecule has 1 heterocycles. The highest BCUT2D eigenvalue weighted by Crippen LogP contribution is 2.30. The fourth-order valence-electron chi connectivity index (χ4n) is 2.24. The standard InChI is InChI=1S/C16H20N2O2S/c1-5-11-8-7-9-12(6-2)13(11)18-16-17-10(3)14(21-16)15(19)20-4/h7-9H,5-6H2,1-4H3,(H,17,18). The van der Waals surface area contributed by atoms with Gasteiger partial charge in [-0.1, -0.05) is 43.4 Å². The van der Waals surface area contributed by atoms with Crippen LogP contribution in [0.15, 0.2) is 18.2 Å². The van der Waals surface area contributed by atoms with Crippen LogP contribution in [0, 0.1) is 6.92 Å². The van der Waals surface area contributed by atoms with Crippen molar-refractivity contribution in [1.29, 1.82) is 0 Å². The Morgan fingerprint density at radius 1 is 1.29 bits per heavy atom. The van der Waals surface area contributed by atoms with Crippen molar-refractivity contribution in [2.45, 2.75) is 33.6 Å². The van der Waals surface area contributed by atoms with Gasteiger partial charge in [-0.2, -0.15) is 0 Å². The van der Waals surface area contributed by atoms with Gasteiger partial charge in [0.05, 0.1) is 12.8 Å². The summed E-state index contributed by atoms with van der Waals surface area (Å²) in [5, 5.41) is 4.11. The molecule has 4 nitrogen and oxygen atoms in total. The van der Waals surface area contributed by atoms with Crippen molar-refractivity contribution in [1.82, 2.24) is 4.98 Å². The normalized spacial score (nSPS) is 10.5. The van der Waals surface area contributed by atoms with Gasteiger partial charge >= 0.3 is 5.97 Å². The molecule has 0 fully saturated rings. The van der Waals surface area contributed by atoms with Gasteiger partial charge in [-0.3, -0.25) is 0 Å². The topological polar surface area (TPSA) is 51.2 Å². The summed E-state index contributed by atoms with van der Waals surface area (Å²) in [5.74, 6) is -0.336. The predicted molar refractivity (Wildman–Crippen MR) is 86.7 cm³/mol. The maximum atomic E-state index is 11.7. The lowest BCUT2D eigenvalue weighted by Gasteiger charge is -2.13. The number of carbonyl (C=O) groups is 1. The number of benzene rings is 1. The van der Waals surface area contributed by atoms with Gasteiger partial charge in [0.25, 0.3) is 0 Å². The molecule has 1 N–H and O–H groups in total. The number of para-hydroxylation sites is 1. The molecule has 2 aromatic rings. The summed E-state index contributed by atoms with van der Waals surface area (Å²) < 4.78 is 4.77. The van der Waals surface area contributed by atoms with E-state index in [-0.39, 0.29) is 5.97 Å². The van der Waals surface area contributed by atoms with Gasteiger partial charge < -0.3 is 10.1 Å². The highest BCUT2D eigenvalue weighted by Gasteiger charge is 2.17. The second-order valence-corrected chi connectivity index (χ2v) is 5.71. The fourth-order valence-corrected chi connectivity index (χ4v) is 3.13. The Balaban J connectivity index is 2.36. The summed E-state index contributed by atoms with van der Waals surface area (Å²) in [6.45, 7) is 6.08. The van der Waals surface area contributed by atoms with Gasteiger partial charge in [0.15, 0.2) is 5.13 Å². The second kappa shape index (κ2) is 6.72. The van der Waals surface area contributed by atoms with Gasteiger partial charge in [0.2, 0.25) is 0 Å². The van der Waals surface area contributed by atoms with Crippen LogP contribution in [0.1, 0.15) is 40.3 Å². The first-order valence-electron chi connectivity index (χ1n) is 7.04. The number of rotatable bonds is 5. The maximum Gasteiger partial charge on any atom is 0.350 e. The van der Waals surface area contributed by atoms with E-state index in [0.717, 1.165) is 23.7 Å². The second-order valence-electron chi connectivity index (χ2n) is 4.71. The van der Waals surface area contributed by atoms with Crippen LogP contribution in [0.3, 0.4) is 0 Å². The number of nitrogens with zero attached hydrogens (tertiary/aromatic N) is 1. The average Bonchev–Trinajstić information content (AvgIpc) is 2.87. The van der Waals surface area contributed by atoms with Gasteiger partial charge in [0.1, 0.15) is 4.88 Å². The van der Waals surface area contributed by atoms with Crippen LogP contribution in [0.25, 0.3) is 0 Å². The molecule has 0 unspecified atom stereocenters. The zero-order valence-corrected chi connectivity index (χ0v) is 13.6. The lowest BCUT2D eigenvalue weighted by molar-refractivity contribution is 0.0605. The minimum Gasteiger partial charge on any atom is -0.465 e. The number of aromatic nitrogens is 1. The van der Waals surface area contributed by atoms with E-state index in [1.165, 1.54) is 29.6 Å². The Kier molecular flexibility index (Phi) is 4.96. The van der Waals surface area contributed by atoms with Crippen molar-refractivity contribution in [3.8, 4) is 0 Å². The Bertz CT molecular complexity index is 627. The minimum absolute atomic E-state index is 0.336. The van der Waals surface area contributed by atoms with Gasteiger partial charge in [0, 0.05) is 5.69 Å². The zero-order valence-electron chi connectivity index (χ0n) is 12.8. The number of methoxy groups -OCH3 is 1. The van der Waals surface area contributed by atoms with Crippen molar-refractivity contribution in [2.24, 2.45) is 0 Å². The van der Waals surface area contributed by atoms with Crippen molar-refractivity contribution >= 4 is 28.1 Å². The molecule has 0 saturated heterocycles. The highest BCUT2D eigenvalue weighted by molar-refractivity contribution is 7.17. The van der Waals surface area contributed by atoms with E-state index in [4.69, 9.17) is 4.74 Å². The molecule has 21 heavy (non-hydrogen) atoms. The van der Waals surface area contributed by atoms with Crippen LogP contribution in [0.2, 0.25) is 0 Å². The molecule has 0 aliphatic heterocycles. The van der Waals surface area contributed by atoms with E-state index >= 15 is 0 Å². The van der Waals surface area contributed by atoms with Gasteiger partial charge in [-0.05, 0) is 30.9 Å². The Morgan fingerprint density at radius 3 is 2.43 bits per heavy atom.